The van der Waals surface area contributed by atoms with E-state index in [0.29, 0.717) is 24.4 Å². The number of Topliss-reactive ketones (excluding diaryl/α,β-unsaturated/α-hetero) is 1. The molecule has 0 saturated heterocycles. The summed E-state index contributed by atoms with van der Waals surface area (Å²) in [6.07, 6.45) is 4.64. The predicted molar refractivity (Wildman–Crippen MR) is 140 cm³/mol. The minimum Gasteiger partial charge on any atom is -0.461 e. The predicted octanol–water partition coefficient (Wildman–Crippen LogP) is 4.97. The van der Waals surface area contributed by atoms with Gasteiger partial charge in [-0.25, -0.2) is 0 Å². The molecular formula is C28H47NO4S. The van der Waals surface area contributed by atoms with E-state index in [2.05, 4.69) is 46.1 Å². The molecule has 0 radical (unpaired) electrons. The summed E-state index contributed by atoms with van der Waals surface area (Å²) in [5.41, 5.74) is -1.25. The first-order valence-corrected chi connectivity index (χ1v) is 14.5. The van der Waals surface area contributed by atoms with Crippen LogP contribution in [0, 0.1) is 34.0 Å². The minimum atomic E-state index is -0.624. The van der Waals surface area contributed by atoms with Crippen molar-refractivity contribution >= 4 is 23.5 Å². The van der Waals surface area contributed by atoms with E-state index in [4.69, 9.17) is 4.74 Å². The molecule has 0 heterocycles. The van der Waals surface area contributed by atoms with Crippen molar-refractivity contribution in [1.29, 1.82) is 0 Å². The van der Waals surface area contributed by atoms with Crippen LogP contribution in [-0.2, 0) is 14.3 Å². The Morgan fingerprint density at radius 1 is 1.26 bits per heavy atom. The standard InChI is InChI=1S/C28H47NO4S/c1-8-26(6)17-22(33-23(31)18-34-16-15-29(9-2)10-3)27(7)19(4)11-13-28(20(5)25(26)32)14-12-21(30)24(27)28/h8,19-20,22,24-25,32H,1,9-18H2,2-7H3/t19-,20+,22-,24+,25+,26-,27-,28+/m1/s1. The SMILES string of the molecule is C=C[C@]1(C)C[C@@H](OC(=O)CSCCN(CC)CC)[C@@]2(C)[C@H](C)CC[C@]3(CCC(=O)[C@H]32)[C@@H](C)[C@@H]1O. The number of thioether (sulfide) groups is 1. The zero-order valence-corrected chi connectivity index (χ0v) is 23.1. The summed E-state index contributed by atoms with van der Waals surface area (Å²) in [4.78, 5) is 28.9. The molecule has 0 aromatic heterocycles. The van der Waals surface area contributed by atoms with Crippen molar-refractivity contribution in [3.8, 4) is 0 Å². The van der Waals surface area contributed by atoms with Crippen molar-refractivity contribution in [3.63, 3.8) is 0 Å². The number of aliphatic hydroxyl groups excluding tert-OH is 1. The van der Waals surface area contributed by atoms with Gasteiger partial charge >= 0.3 is 5.97 Å². The molecule has 194 valence electrons. The van der Waals surface area contributed by atoms with E-state index < -0.39 is 23.0 Å². The van der Waals surface area contributed by atoms with Crippen LogP contribution in [0.4, 0.5) is 0 Å². The van der Waals surface area contributed by atoms with Crippen molar-refractivity contribution in [1.82, 2.24) is 4.90 Å². The Balaban J connectivity index is 1.88. The van der Waals surface area contributed by atoms with Gasteiger partial charge in [0.25, 0.3) is 0 Å². The van der Waals surface area contributed by atoms with Gasteiger partial charge in [-0.05, 0) is 56.0 Å². The molecule has 34 heavy (non-hydrogen) atoms. The van der Waals surface area contributed by atoms with Crippen LogP contribution in [0.2, 0.25) is 0 Å². The third-order valence-corrected chi connectivity index (χ3v) is 11.2. The molecule has 5 nitrogen and oxygen atoms in total. The lowest BCUT2D eigenvalue weighted by Crippen LogP contribution is -2.63. The van der Waals surface area contributed by atoms with Gasteiger partial charge in [0.2, 0.25) is 0 Å². The average Bonchev–Trinajstić information content (AvgIpc) is 3.17. The van der Waals surface area contributed by atoms with E-state index in [9.17, 15) is 14.7 Å². The van der Waals surface area contributed by atoms with Gasteiger partial charge in [-0.1, -0.05) is 47.6 Å². The zero-order chi connectivity index (χ0) is 25.3. The summed E-state index contributed by atoms with van der Waals surface area (Å²) in [5, 5.41) is 11.6. The summed E-state index contributed by atoms with van der Waals surface area (Å²) in [5.74, 6) is 1.37. The zero-order valence-electron chi connectivity index (χ0n) is 22.3. The third kappa shape index (κ3) is 4.64. The van der Waals surface area contributed by atoms with Gasteiger partial charge in [-0.15, -0.1) is 18.3 Å². The van der Waals surface area contributed by atoms with Crippen LogP contribution in [0.3, 0.4) is 0 Å². The lowest BCUT2D eigenvalue weighted by molar-refractivity contribution is -0.205. The van der Waals surface area contributed by atoms with Crippen molar-refractivity contribution in [2.24, 2.45) is 34.0 Å². The van der Waals surface area contributed by atoms with Crippen LogP contribution < -0.4 is 0 Å². The number of nitrogens with zero attached hydrogens (tertiary/aromatic N) is 1. The highest BCUT2D eigenvalue weighted by molar-refractivity contribution is 7.99. The first kappa shape index (κ1) is 27.7. The second kappa shape index (κ2) is 10.6. The number of ether oxygens (including phenoxy) is 1. The molecule has 0 aromatic carbocycles. The highest BCUT2D eigenvalue weighted by Gasteiger charge is 2.68. The van der Waals surface area contributed by atoms with Gasteiger partial charge in [0.15, 0.2) is 0 Å². The molecule has 2 bridgehead atoms. The number of ketones is 1. The quantitative estimate of drug-likeness (QED) is 0.278. The molecule has 0 spiro atoms. The van der Waals surface area contributed by atoms with Gasteiger partial charge in [0.1, 0.15) is 11.9 Å². The van der Waals surface area contributed by atoms with Crippen LogP contribution in [0.1, 0.15) is 73.6 Å². The van der Waals surface area contributed by atoms with Gasteiger partial charge in [-0.2, -0.15) is 0 Å². The molecule has 3 fully saturated rings. The average molecular weight is 494 g/mol. The second-order valence-corrected chi connectivity index (χ2v) is 12.7. The summed E-state index contributed by atoms with van der Waals surface area (Å²) in [7, 11) is 0. The number of aliphatic hydroxyl groups is 1. The highest BCUT2D eigenvalue weighted by atomic mass is 32.2. The fourth-order valence-electron chi connectivity index (χ4n) is 7.58. The Morgan fingerprint density at radius 2 is 1.94 bits per heavy atom. The maximum absolute atomic E-state index is 13.4. The smallest absolute Gasteiger partial charge is 0.316 e. The minimum absolute atomic E-state index is 0.00828. The summed E-state index contributed by atoms with van der Waals surface area (Å²) in [6, 6.07) is 0. The third-order valence-electron chi connectivity index (χ3n) is 10.2. The van der Waals surface area contributed by atoms with E-state index in [1.807, 2.05) is 13.0 Å². The monoisotopic (exact) mass is 493 g/mol. The Morgan fingerprint density at radius 3 is 2.56 bits per heavy atom. The first-order chi connectivity index (χ1) is 16.0. The van der Waals surface area contributed by atoms with E-state index in [1.54, 1.807) is 11.8 Å². The number of rotatable bonds is 9. The highest BCUT2D eigenvalue weighted by Crippen LogP contribution is 2.67. The molecule has 3 aliphatic rings. The van der Waals surface area contributed by atoms with E-state index in [1.165, 1.54) is 0 Å². The van der Waals surface area contributed by atoms with Gasteiger partial charge in [0, 0.05) is 35.5 Å². The lowest BCUT2D eigenvalue weighted by Gasteiger charge is -2.61. The molecule has 1 N–H and O–H groups in total. The van der Waals surface area contributed by atoms with E-state index in [0.717, 1.165) is 44.6 Å². The maximum atomic E-state index is 13.4. The fraction of sp³-hybridized carbons (Fsp3) is 0.857. The van der Waals surface area contributed by atoms with E-state index in [-0.39, 0.29) is 29.1 Å². The molecule has 6 heteroatoms. The Bertz CT molecular complexity index is 770. The molecular weight excluding hydrogens is 446 g/mol. The molecule has 3 saturated carbocycles. The van der Waals surface area contributed by atoms with Gasteiger partial charge < -0.3 is 14.7 Å². The molecule has 8 atom stereocenters. The Labute approximate surface area is 211 Å². The normalized spacial score (nSPS) is 42.1. The number of hydrogen-bond donors (Lipinski definition) is 1. The molecule has 0 amide bonds. The lowest BCUT2D eigenvalue weighted by atomic mass is 9.44. The molecule has 0 aromatic rings. The van der Waals surface area contributed by atoms with Crippen molar-refractivity contribution in [2.75, 3.05) is 31.1 Å². The number of carbonyl (C=O) groups is 2. The van der Waals surface area contributed by atoms with Crippen molar-refractivity contribution in [2.45, 2.75) is 85.9 Å². The van der Waals surface area contributed by atoms with Gasteiger partial charge in [-0.3, -0.25) is 9.59 Å². The van der Waals surface area contributed by atoms with Crippen LogP contribution in [-0.4, -0.2) is 65.1 Å². The van der Waals surface area contributed by atoms with Crippen molar-refractivity contribution in [3.05, 3.63) is 12.7 Å². The fourth-order valence-corrected chi connectivity index (χ4v) is 8.35. The Hall–Kier alpha value is -0.850. The van der Waals surface area contributed by atoms with Crippen LogP contribution >= 0.6 is 11.8 Å². The summed E-state index contributed by atoms with van der Waals surface area (Å²) in [6.45, 7) is 20.0. The van der Waals surface area contributed by atoms with Crippen LogP contribution in [0.5, 0.6) is 0 Å². The number of esters is 1. The molecule has 0 aliphatic heterocycles. The second-order valence-electron chi connectivity index (χ2n) is 11.6. The Kier molecular flexibility index (Phi) is 8.68. The van der Waals surface area contributed by atoms with E-state index >= 15 is 0 Å². The topological polar surface area (TPSA) is 66.8 Å². The molecule has 3 rings (SSSR count). The molecule has 0 unspecified atom stereocenters. The van der Waals surface area contributed by atoms with Gasteiger partial charge in [0.05, 0.1) is 11.9 Å². The molecule has 3 aliphatic carbocycles. The largest absolute Gasteiger partial charge is 0.461 e. The number of hydrogen-bond acceptors (Lipinski definition) is 6. The first-order valence-electron chi connectivity index (χ1n) is 13.3. The summed E-state index contributed by atoms with van der Waals surface area (Å²) >= 11 is 1.61. The van der Waals surface area contributed by atoms with Crippen LogP contribution in [0.15, 0.2) is 12.7 Å². The number of carbonyl (C=O) groups excluding carboxylic acids is 2. The summed E-state index contributed by atoms with van der Waals surface area (Å²) < 4.78 is 6.30. The maximum Gasteiger partial charge on any atom is 0.316 e. The van der Waals surface area contributed by atoms with Crippen LogP contribution in [0.25, 0.3) is 0 Å². The van der Waals surface area contributed by atoms with Crippen molar-refractivity contribution < 1.29 is 19.4 Å².